The minimum absolute atomic E-state index is 0.0537. The third kappa shape index (κ3) is 3.19. The third-order valence-electron chi connectivity index (χ3n) is 3.17. The second-order valence-corrected chi connectivity index (χ2v) is 4.57. The second kappa shape index (κ2) is 5.95. The zero-order valence-electron chi connectivity index (χ0n) is 11.2. The molecule has 5 heteroatoms. The van der Waals surface area contributed by atoms with Gasteiger partial charge in [0.2, 0.25) is 0 Å². The normalized spacial score (nSPS) is 12.6. The first-order valence-corrected chi connectivity index (χ1v) is 6.39. The van der Waals surface area contributed by atoms with Gasteiger partial charge >= 0.3 is 0 Å². The van der Waals surface area contributed by atoms with Crippen LogP contribution in [0.5, 0.6) is 0 Å². The number of nitrogens with zero attached hydrogens (tertiary/aromatic N) is 2. The quantitative estimate of drug-likeness (QED) is 0.641. The smallest absolute Gasteiger partial charge is 0.123 e. The summed E-state index contributed by atoms with van der Waals surface area (Å²) in [7, 11) is 0. The summed E-state index contributed by atoms with van der Waals surface area (Å²) in [5, 5.41) is 4.41. The van der Waals surface area contributed by atoms with E-state index in [1.807, 2.05) is 11.6 Å². The lowest BCUT2D eigenvalue weighted by Crippen LogP contribution is -2.30. The van der Waals surface area contributed by atoms with Crippen LogP contribution in [0.2, 0.25) is 0 Å². The van der Waals surface area contributed by atoms with Gasteiger partial charge in [0.05, 0.1) is 11.7 Å². The van der Waals surface area contributed by atoms with E-state index in [4.69, 9.17) is 5.84 Å². The maximum Gasteiger partial charge on any atom is 0.123 e. The Kier molecular flexibility index (Phi) is 4.29. The SMILES string of the molecule is CCn1nc(C)cc1CC(NN)c1ccc(F)cc1. The molecule has 2 rings (SSSR count). The number of hydrazine groups is 1. The Morgan fingerprint density at radius 3 is 2.63 bits per heavy atom. The van der Waals surface area contributed by atoms with Gasteiger partial charge in [-0.25, -0.2) is 4.39 Å². The Bertz CT molecular complexity index is 533. The molecule has 1 unspecified atom stereocenters. The van der Waals surface area contributed by atoms with Crippen LogP contribution in [0.25, 0.3) is 0 Å². The molecule has 4 nitrogen and oxygen atoms in total. The Morgan fingerprint density at radius 2 is 2.05 bits per heavy atom. The van der Waals surface area contributed by atoms with E-state index in [-0.39, 0.29) is 11.9 Å². The predicted molar refractivity (Wildman–Crippen MR) is 72.8 cm³/mol. The summed E-state index contributed by atoms with van der Waals surface area (Å²) in [6.07, 6.45) is 0.719. The highest BCUT2D eigenvalue weighted by Crippen LogP contribution is 2.19. The van der Waals surface area contributed by atoms with E-state index < -0.39 is 0 Å². The van der Waals surface area contributed by atoms with Crippen LogP contribution in [-0.2, 0) is 13.0 Å². The fraction of sp³-hybridized carbons (Fsp3) is 0.357. The van der Waals surface area contributed by atoms with Crippen molar-refractivity contribution in [1.82, 2.24) is 15.2 Å². The Morgan fingerprint density at radius 1 is 1.37 bits per heavy atom. The van der Waals surface area contributed by atoms with Gasteiger partial charge in [-0.05, 0) is 37.6 Å². The standard InChI is InChI=1S/C14H19FN4/c1-3-19-13(8-10(2)18-19)9-14(17-16)11-4-6-12(15)7-5-11/h4-8,14,17H,3,9,16H2,1-2H3. The van der Waals surface area contributed by atoms with Crippen molar-refractivity contribution >= 4 is 0 Å². The van der Waals surface area contributed by atoms with Gasteiger partial charge in [0.25, 0.3) is 0 Å². The Balaban J connectivity index is 2.21. The van der Waals surface area contributed by atoms with Gasteiger partial charge in [-0.2, -0.15) is 5.10 Å². The van der Waals surface area contributed by atoms with E-state index in [9.17, 15) is 4.39 Å². The van der Waals surface area contributed by atoms with E-state index in [0.717, 1.165) is 29.9 Å². The fourth-order valence-corrected chi connectivity index (χ4v) is 2.21. The Labute approximate surface area is 112 Å². The fourth-order valence-electron chi connectivity index (χ4n) is 2.21. The predicted octanol–water partition coefficient (Wildman–Crippen LogP) is 2.10. The molecule has 19 heavy (non-hydrogen) atoms. The summed E-state index contributed by atoms with van der Waals surface area (Å²) in [6.45, 7) is 4.85. The lowest BCUT2D eigenvalue weighted by molar-refractivity contribution is 0.515. The van der Waals surface area contributed by atoms with Gasteiger partial charge in [0.15, 0.2) is 0 Å². The Hall–Kier alpha value is -1.72. The molecule has 2 aromatic rings. The average Bonchev–Trinajstić information content (AvgIpc) is 2.77. The lowest BCUT2D eigenvalue weighted by atomic mass is 10.0. The molecule has 1 heterocycles. The number of nitrogens with two attached hydrogens (primary N) is 1. The average molecular weight is 262 g/mol. The van der Waals surface area contributed by atoms with Crippen molar-refractivity contribution in [3.63, 3.8) is 0 Å². The number of benzene rings is 1. The van der Waals surface area contributed by atoms with Crippen LogP contribution >= 0.6 is 0 Å². The van der Waals surface area contributed by atoms with Crippen molar-refractivity contribution in [2.75, 3.05) is 0 Å². The van der Waals surface area contributed by atoms with E-state index in [0.29, 0.717) is 0 Å². The molecule has 0 spiro atoms. The molecule has 0 aliphatic carbocycles. The summed E-state index contributed by atoms with van der Waals surface area (Å²) in [5.41, 5.74) is 5.86. The highest BCUT2D eigenvalue weighted by molar-refractivity contribution is 5.22. The van der Waals surface area contributed by atoms with E-state index in [1.165, 1.54) is 12.1 Å². The number of hydrogen-bond acceptors (Lipinski definition) is 3. The number of nitrogens with one attached hydrogen (secondary N) is 1. The van der Waals surface area contributed by atoms with Crippen molar-refractivity contribution in [3.8, 4) is 0 Å². The van der Waals surface area contributed by atoms with Gasteiger partial charge in [0, 0.05) is 18.7 Å². The molecule has 0 bridgehead atoms. The van der Waals surface area contributed by atoms with Gasteiger partial charge in [-0.3, -0.25) is 16.0 Å². The van der Waals surface area contributed by atoms with Gasteiger partial charge in [-0.15, -0.1) is 0 Å². The maximum atomic E-state index is 12.9. The van der Waals surface area contributed by atoms with Gasteiger partial charge < -0.3 is 0 Å². The molecule has 1 atom stereocenters. The zero-order valence-corrected chi connectivity index (χ0v) is 11.2. The van der Waals surface area contributed by atoms with Crippen molar-refractivity contribution in [1.29, 1.82) is 0 Å². The minimum atomic E-state index is -0.242. The summed E-state index contributed by atoms with van der Waals surface area (Å²) < 4.78 is 14.9. The molecular weight excluding hydrogens is 243 g/mol. The number of aryl methyl sites for hydroxylation is 2. The van der Waals surface area contributed by atoms with Crippen LogP contribution in [0.15, 0.2) is 30.3 Å². The number of halogens is 1. The largest absolute Gasteiger partial charge is 0.271 e. The van der Waals surface area contributed by atoms with Crippen molar-refractivity contribution in [2.45, 2.75) is 32.9 Å². The first kappa shape index (κ1) is 13.7. The van der Waals surface area contributed by atoms with Crippen LogP contribution in [0.1, 0.15) is 29.9 Å². The van der Waals surface area contributed by atoms with Crippen LogP contribution < -0.4 is 11.3 Å². The van der Waals surface area contributed by atoms with Crippen molar-refractivity contribution < 1.29 is 4.39 Å². The summed E-state index contributed by atoms with van der Waals surface area (Å²) in [6, 6.07) is 8.39. The number of aromatic nitrogens is 2. The summed E-state index contributed by atoms with van der Waals surface area (Å²) >= 11 is 0. The van der Waals surface area contributed by atoms with E-state index in [1.54, 1.807) is 12.1 Å². The molecule has 0 aliphatic rings. The first-order valence-electron chi connectivity index (χ1n) is 6.39. The van der Waals surface area contributed by atoms with Crippen LogP contribution in [0, 0.1) is 12.7 Å². The second-order valence-electron chi connectivity index (χ2n) is 4.57. The molecule has 0 saturated carbocycles. The highest BCUT2D eigenvalue weighted by atomic mass is 19.1. The van der Waals surface area contributed by atoms with Crippen LogP contribution in [-0.4, -0.2) is 9.78 Å². The summed E-state index contributed by atoms with van der Waals surface area (Å²) in [5.74, 6) is 5.37. The van der Waals surface area contributed by atoms with E-state index in [2.05, 4.69) is 23.5 Å². The lowest BCUT2D eigenvalue weighted by Gasteiger charge is -2.16. The summed E-state index contributed by atoms with van der Waals surface area (Å²) in [4.78, 5) is 0. The molecule has 3 N–H and O–H groups in total. The van der Waals surface area contributed by atoms with Crippen LogP contribution in [0.4, 0.5) is 4.39 Å². The van der Waals surface area contributed by atoms with E-state index >= 15 is 0 Å². The maximum absolute atomic E-state index is 12.9. The van der Waals surface area contributed by atoms with Gasteiger partial charge in [-0.1, -0.05) is 12.1 Å². The minimum Gasteiger partial charge on any atom is -0.271 e. The van der Waals surface area contributed by atoms with Crippen molar-refractivity contribution in [3.05, 3.63) is 53.1 Å². The molecule has 0 saturated heterocycles. The molecule has 0 fully saturated rings. The molecule has 102 valence electrons. The number of rotatable bonds is 5. The highest BCUT2D eigenvalue weighted by Gasteiger charge is 2.14. The van der Waals surface area contributed by atoms with Crippen molar-refractivity contribution in [2.24, 2.45) is 5.84 Å². The molecule has 1 aromatic heterocycles. The molecule has 0 aliphatic heterocycles. The molecule has 0 amide bonds. The molecule has 1 aromatic carbocycles. The monoisotopic (exact) mass is 262 g/mol. The molecular formula is C14H19FN4. The first-order chi connectivity index (χ1) is 9.13. The van der Waals surface area contributed by atoms with Crippen LogP contribution in [0.3, 0.4) is 0 Å². The third-order valence-corrected chi connectivity index (χ3v) is 3.17. The zero-order chi connectivity index (χ0) is 13.8. The topological polar surface area (TPSA) is 55.9 Å². The van der Waals surface area contributed by atoms with Gasteiger partial charge in [0.1, 0.15) is 5.82 Å². The molecule has 0 radical (unpaired) electrons. The number of hydrogen-bond donors (Lipinski definition) is 2.